The van der Waals surface area contributed by atoms with Crippen molar-refractivity contribution in [2.75, 3.05) is 33.5 Å². The van der Waals surface area contributed by atoms with E-state index in [-0.39, 0.29) is 6.61 Å². The van der Waals surface area contributed by atoms with E-state index < -0.39 is 6.10 Å². The zero-order valence-corrected chi connectivity index (χ0v) is 11.2. The zero-order valence-electron chi connectivity index (χ0n) is 11.2. The van der Waals surface area contributed by atoms with E-state index in [0.29, 0.717) is 24.1 Å². The molecule has 1 aliphatic rings. The molecule has 5 nitrogen and oxygen atoms in total. The number of nitrogens with one attached hydrogen (secondary N) is 1. The van der Waals surface area contributed by atoms with E-state index in [1.807, 2.05) is 24.3 Å². The number of benzene rings is 1. The Hall–Kier alpha value is -1.30. The molecule has 0 bridgehead atoms. The number of methoxy groups -OCH3 is 1. The molecule has 0 spiro atoms. The molecule has 0 amide bonds. The lowest BCUT2D eigenvalue weighted by Crippen LogP contribution is -2.38. The molecule has 1 aromatic carbocycles. The second-order valence-corrected chi connectivity index (χ2v) is 4.58. The lowest BCUT2D eigenvalue weighted by atomic mass is 10.2. The molecule has 0 saturated carbocycles. The van der Waals surface area contributed by atoms with Gasteiger partial charge in [0.2, 0.25) is 0 Å². The van der Waals surface area contributed by atoms with Crippen molar-refractivity contribution in [3.63, 3.8) is 0 Å². The minimum atomic E-state index is -0.550. The standard InChI is InChI=1S/C14H21NO4/c1-17-13-4-2-3-5-14(13)19-10-12(16)8-15-11-6-7-18-9-11/h2-5,11-12,15-16H,6-10H2,1H3. The van der Waals surface area contributed by atoms with Crippen molar-refractivity contribution in [3.8, 4) is 11.5 Å². The summed E-state index contributed by atoms with van der Waals surface area (Å²) >= 11 is 0. The van der Waals surface area contributed by atoms with Gasteiger partial charge in [-0.25, -0.2) is 0 Å². The predicted octanol–water partition coefficient (Wildman–Crippen LogP) is 0.813. The number of aliphatic hydroxyl groups excluding tert-OH is 1. The van der Waals surface area contributed by atoms with Crippen LogP contribution in [0.4, 0.5) is 0 Å². The van der Waals surface area contributed by atoms with Crippen LogP contribution in [0.2, 0.25) is 0 Å². The van der Waals surface area contributed by atoms with Crippen molar-refractivity contribution in [2.45, 2.75) is 18.6 Å². The Balaban J connectivity index is 1.71. The molecule has 0 radical (unpaired) electrons. The van der Waals surface area contributed by atoms with Crippen LogP contribution < -0.4 is 14.8 Å². The van der Waals surface area contributed by atoms with Crippen molar-refractivity contribution >= 4 is 0 Å². The maximum Gasteiger partial charge on any atom is 0.161 e. The second kappa shape index (κ2) is 7.33. The molecule has 2 rings (SSSR count). The largest absolute Gasteiger partial charge is 0.493 e. The summed E-state index contributed by atoms with van der Waals surface area (Å²) in [6.45, 7) is 2.26. The zero-order chi connectivity index (χ0) is 13.5. The molecule has 1 heterocycles. The summed E-state index contributed by atoms with van der Waals surface area (Å²) in [5.41, 5.74) is 0. The summed E-state index contributed by atoms with van der Waals surface area (Å²) in [7, 11) is 1.60. The summed E-state index contributed by atoms with van der Waals surface area (Å²) < 4.78 is 16.0. The van der Waals surface area contributed by atoms with Crippen LogP contribution in [0.3, 0.4) is 0 Å². The van der Waals surface area contributed by atoms with E-state index in [0.717, 1.165) is 19.6 Å². The Morgan fingerprint density at radius 3 is 2.89 bits per heavy atom. The van der Waals surface area contributed by atoms with Gasteiger partial charge in [-0.05, 0) is 18.6 Å². The van der Waals surface area contributed by atoms with Crippen LogP contribution in [-0.2, 0) is 4.74 Å². The van der Waals surface area contributed by atoms with Gasteiger partial charge < -0.3 is 24.6 Å². The number of aliphatic hydroxyl groups is 1. The van der Waals surface area contributed by atoms with Gasteiger partial charge in [-0.15, -0.1) is 0 Å². The highest BCUT2D eigenvalue weighted by atomic mass is 16.5. The lowest BCUT2D eigenvalue weighted by Gasteiger charge is -2.17. The van der Waals surface area contributed by atoms with Gasteiger partial charge in [0.25, 0.3) is 0 Å². The number of para-hydroxylation sites is 2. The van der Waals surface area contributed by atoms with Crippen LogP contribution in [-0.4, -0.2) is 50.7 Å². The van der Waals surface area contributed by atoms with Gasteiger partial charge in [0.05, 0.1) is 13.7 Å². The number of ether oxygens (including phenoxy) is 3. The SMILES string of the molecule is COc1ccccc1OCC(O)CNC1CCOC1. The molecule has 5 heteroatoms. The van der Waals surface area contributed by atoms with Crippen molar-refractivity contribution in [3.05, 3.63) is 24.3 Å². The van der Waals surface area contributed by atoms with E-state index in [9.17, 15) is 5.11 Å². The summed E-state index contributed by atoms with van der Waals surface area (Å²) in [6, 6.07) is 7.75. The molecule has 2 N–H and O–H groups in total. The minimum absolute atomic E-state index is 0.237. The van der Waals surface area contributed by atoms with Gasteiger partial charge in [0, 0.05) is 19.2 Å². The van der Waals surface area contributed by atoms with Crippen LogP contribution in [0.5, 0.6) is 11.5 Å². The van der Waals surface area contributed by atoms with Crippen LogP contribution in [0.25, 0.3) is 0 Å². The molecule has 0 aliphatic carbocycles. The fourth-order valence-electron chi connectivity index (χ4n) is 1.98. The Morgan fingerprint density at radius 1 is 1.42 bits per heavy atom. The highest BCUT2D eigenvalue weighted by Gasteiger charge is 2.16. The van der Waals surface area contributed by atoms with Crippen LogP contribution in [0, 0.1) is 0 Å². The molecular weight excluding hydrogens is 246 g/mol. The molecule has 1 aromatic rings. The fourth-order valence-corrected chi connectivity index (χ4v) is 1.98. The van der Waals surface area contributed by atoms with Gasteiger partial charge in [0.15, 0.2) is 11.5 Å². The van der Waals surface area contributed by atoms with Crippen LogP contribution >= 0.6 is 0 Å². The summed E-state index contributed by atoms with van der Waals surface area (Å²) in [6.07, 6.45) is 0.450. The van der Waals surface area contributed by atoms with E-state index in [1.165, 1.54) is 0 Å². The molecule has 0 aromatic heterocycles. The molecule has 1 aliphatic heterocycles. The van der Waals surface area contributed by atoms with Crippen molar-refractivity contribution in [1.29, 1.82) is 0 Å². The molecule has 2 unspecified atom stereocenters. The highest BCUT2D eigenvalue weighted by Crippen LogP contribution is 2.25. The van der Waals surface area contributed by atoms with E-state index in [2.05, 4.69) is 5.32 Å². The lowest BCUT2D eigenvalue weighted by molar-refractivity contribution is 0.101. The average Bonchev–Trinajstić information content (AvgIpc) is 2.96. The van der Waals surface area contributed by atoms with Crippen LogP contribution in [0.1, 0.15) is 6.42 Å². The van der Waals surface area contributed by atoms with Crippen molar-refractivity contribution in [1.82, 2.24) is 5.32 Å². The molecule has 1 fully saturated rings. The quantitative estimate of drug-likeness (QED) is 0.765. The summed E-state index contributed by atoms with van der Waals surface area (Å²) in [4.78, 5) is 0. The molecule has 19 heavy (non-hydrogen) atoms. The normalized spacial score (nSPS) is 20.2. The fraction of sp³-hybridized carbons (Fsp3) is 0.571. The molecule has 1 saturated heterocycles. The van der Waals surface area contributed by atoms with Crippen molar-refractivity contribution in [2.24, 2.45) is 0 Å². The molecule has 2 atom stereocenters. The summed E-state index contributed by atoms with van der Waals surface area (Å²) in [5.74, 6) is 1.32. The number of hydrogen-bond donors (Lipinski definition) is 2. The topological polar surface area (TPSA) is 60.0 Å². The third-order valence-electron chi connectivity index (χ3n) is 3.07. The van der Waals surface area contributed by atoms with Gasteiger partial charge in [-0.1, -0.05) is 12.1 Å². The average molecular weight is 267 g/mol. The second-order valence-electron chi connectivity index (χ2n) is 4.58. The number of hydrogen-bond acceptors (Lipinski definition) is 5. The molecular formula is C14H21NO4. The monoisotopic (exact) mass is 267 g/mol. The van der Waals surface area contributed by atoms with Gasteiger partial charge in [0.1, 0.15) is 12.7 Å². The minimum Gasteiger partial charge on any atom is -0.493 e. The number of rotatable bonds is 7. The predicted molar refractivity (Wildman–Crippen MR) is 71.7 cm³/mol. The van der Waals surface area contributed by atoms with Crippen LogP contribution in [0.15, 0.2) is 24.3 Å². The first-order chi connectivity index (χ1) is 9.29. The third-order valence-corrected chi connectivity index (χ3v) is 3.07. The Bertz CT molecular complexity index is 379. The van der Waals surface area contributed by atoms with E-state index in [1.54, 1.807) is 7.11 Å². The Labute approximate surface area is 113 Å². The van der Waals surface area contributed by atoms with Gasteiger partial charge in [-0.3, -0.25) is 0 Å². The summed E-state index contributed by atoms with van der Waals surface area (Å²) in [5, 5.41) is 13.1. The maximum absolute atomic E-state index is 9.87. The first-order valence-electron chi connectivity index (χ1n) is 6.54. The first kappa shape index (κ1) is 14.1. The van der Waals surface area contributed by atoms with Gasteiger partial charge >= 0.3 is 0 Å². The van der Waals surface area contributed by atoms with E-state index in [4.69, 9.17) is 14.2 Å². The third kappa shape index (κ3) is 4.38. The van der Waals surface area contributed by atoms with E-state index >= 15 is 0 Å². The van der Waals surface area contributed by atoms with Crippen molar-refractivity contribution < 1.29 is 19.3 Å². The highest BCUT2D eigenvalue weighted by molar-refractivity contribution is 5.39. The van der Waals surface area contributed by atoms with Gasteiger partial charge in [-0.2, -0.15) is 0 Å². The first-order valence-corrected chi connectivity index (χ1v) is 6.54. The smallest absolute Gasteiger partial charge is 0.161 e. The molecule has 106 valence electrons. The Kier molecular flexibility index (Phi) is 5.44. The Morgan fingerprint density at radius 2 is 2.21 bits per heavy atom. The maximum atomic E-state index is 9.87.